The molecule has 0 heterocycles. The molecule has 0 spiro atoms. The van der Waals surface area contributed by atoms with Crippen molar-refractivity contribution in [2.75, 3.05) is 7.05 Å². The molecule has 0 aliphatic rings. The average Bonchev–Trinajstić information content (AvgIpc) is 2.14. The van der Waals surface area contributed by atoms with E-state index in [0.717, 1.165) is 0 Å². The number of carbonyl (C=O) groups excluding carboxylic acids is 2. The van der Waals surface area contributed by atoms with E-state index in [1.807, 2.05) is 0 Å². The van der Waals surface area contributed by atoms with Crippen LogP contribution >= 0.6 is 0 Å². The van der Waals surface area contributed by atoms with Gasteiger partial charge in [0, 0.05) is 13.0 Å². The molecule has 5 heteroatoms. The molecule has 0 aromatic rings. The highest BCUT2D eigenvalue weighted by Gasteiger charge is 2.25. The molecule has 5 nitrogen and oxygen atoms in total. The number of ketones is 1. The Hall–Kier alpha value is -0.940. The van der Waals surface area contributed by atoms with E-state index in [4.69, 9.17) is 0 Å². The molecule has 0 aromatic carbocycles. The first-order chi connectivity index (χ1) is 6.40. The normalized spacial score (nSPS) is 16.9. The number of Topliss-reactive ketones (excluding diaryl/α,β-unsaturated/α-hetero) is 1. The van der Waals surface area contributed by atoms with Crippen LogP contribution in [-0.2, 0) is 9.59 Å². The first-order valence-electron chi connectivity index (χ1n) is 4.48. The summed E-state index contributed by atoms with van der Waals surface area (Å²) in [5.41, 5.74) is 0. The maximum atomic E-state index is 10.9. The van der Waals surface area contributed by atoms with Gasteiger partial charge >= 0.3 is 0 Å². The lowest BCUT2D eigenvalue weighted by molar-refractivity contribution is -0.136. The largest absolute Gasteiger partial charge is 0.390 e. The van der Waals surface area contributed by atoms with Gasteiger partial charge in [0.2, 0.25) is 0 Å². The summed E-state index contributed by atoms with van der Waals surface area (Å²) < 4.78 is 0. The zero-order chi connectivity index (χ0) is 11.3. The average molecular weight is 203 g/mol. The van der Waals surface area contributed by atoms with E-state index in [0.29, 0.717) is 0 Å². The van der Waals surface area contributed by atoms with Gasteiger partial charge in [-0.15, -0.1) is 0 Å². The van der Waals surface area contributed by atoms with Crippen molar-refractivity contribution in [2.45, 2.75) is 32.5 Å². The van der Waals surface area contributed by atoms with Gasteiger partial charge in [-0.25, -0.2) is 0 Å². The molecule has 0 rings (SSSR count). The number of carbonyl (C=O) groups is 2. The second-order valence-corrected chi connectivity index (χ2v) is 3.37. The summed E-state index contributed by atoms with van der Waals surface area (Å²) in [4.78, 5) is 21.7. The van der Waals surface area contributed by atoms with E-state index < -0.39 is 18.1 Å². The second kappa shape index (κ2) is 5.72. The molecule has 0 bridgehead atoms. The number of aliphatic hydroxyl groups excluding tert-OH is 2. The topological polar surface area (TPSA) is 86.6 Å². The van der Waals surface area contributed by atoms with Crippen molar-refractivity contribution in [3.63, 3.8) is 0 Å². The van der Waals surface area contributed by atoms with E-state index in [9.17, 15) is 19.8 Å². The van der Waals surface area contributed by atoms with E-state index in [1.54, 1.807) is 6.92 Å². The van der Waals surface area contributed by atoms with Crippen LogP contribution in [0.3, 0.4) is 0 Å². The molecule has 0 saturated carbocycles. The Morgan fingerprint density at radius 1 is 1.36 bits per heavy atom. The fourth-order valence-electron chi connectivity index (χ4n) is 0.980. The van der Waals surface area contributed by atoms with Gasteiger partial charge in [0.1, 0.15) is 5.78 Å². The van der Waals surface area contributed by atoms with Gasteiger partial charge in [0.15, 0.2) is 6.10 Å². The highest BCUT2D eigenvalue weighted by Crippen LogP contribution is 2.10. The standard InChI is InChI=1S/C9H17NO4/c1-5(6(2)11)4-7(12)8(13)9(14)10-3/h5,7-8,12-13H,4H2,1-3H3,(H,10,14)/t5-,7-,8+/m0/s1. The predicted molar refractivity (Wildman–Crippen MR) is 50.5 cm³/mol. The first-order valence-corrected chi connectivity index (χ1v) is 4.48. The number of hydrogen-bond acceptors (Lipinski definition) is 4. The van der Waals surface area contributed by atoms with Gasteiger partial charge < -0.3 is 15.5 Å². The lowest BCUT2D eigenvalue weighted by atomic mass is 9.97. The maximum Gasteiger partial charge on any atom is 0.251 e. The summed E-state index contributed by atoms with van der Waals surface area (Å²) in [5.74, 6) is -1.08. The van der Waals surface area contributed by atoms with Crippen molar-refractivity contribution >= 4 is 11.7 Å². The number of rotatable bonds is 5. The van der Waals surface area contributed by atoms with Gasteiger partial charge in [0.05, 0.1) is 6.10 Å². The van der Waals surface area contributed by atoms with Crippen LogP contribution in [0.2, 0.25) is 0 Å². The SMILES string of the molecule is CNC(=O)[C@H](O)[C@@H](O)C[C@H](C)C(C)=O. The molecule has 0 unspecified atom stereocenters. The Balaban J connectivity index is 4.13. The molecule has 3 atom stereocenters. The molecular weight excluding hydrogens is 186 g/mol. The van der Waals surface area contributed by atoms with Crippen LogP contribution in [0.25, 0.3) is 0 Å². The molecular formula is C9H17NO4. The van der Waals surface area contributed by atoms with Crippen LogP contribution in [0, 0.1) is 5.92 Å². The fourth-order valence-corrected chi connectivity index (χ4v) is 0.980. The van der Waals surface area contributed by atoms with Gasteiger partial charge in [0.25, 0.3) is 5.91 Å². The first kappa shape index (κ1) is 13.1. The second-order valence-electron chi connectivity index (χ2n) is 3.37. The van der Waals surface area contributed by atoms with Crippen molar-refractivity contribution in [3.05, 3.63) is 0 Å². The molecule has 1 amide bonds. The number of aliphatic hydroxyl groups is 2. The summed E-state index contributed by atoms with van der Waals surface area (Å²) in [6.45, 7) is 3.05. The molecule has 0 radical (unpaired) electrons. The Bertz CT molecular complexity index is 217. The van der Waals surface area contributed by atoms with Crippen LogP contribution in [-0.4, -0.2) is 41.2 Å². The van der Waals surface area contributed by atoms with Crippen molar-refractivity contribution in [3.8, 4) is 0 Å². The Kier molecular flexibility index (Phi) is 5.34. The smallest absolute Gasteiger partial charge is 0.251 e. The molecule has 0 fully saturated rings. The minimum Gasteiger partial charge on any atom is -0.390 e. The number of hydrogen-bond donors (Lipinski definition) is 3. The summed E-state index contributed by atoms with van der Waals surface area (Å²) in [6.07, 6.45) is -2.58. The Morgan fingerprint density at radius 2 is 1.86 bits per heavy atom. The molecule has 82 valence electrons. The van der Waals surface area contributed by atoms with Crippen LogP contribution < -0.4 is 5.32 Å². The third kappa shape index (κ3) is 3.85. The summed E-state index contributed by atoms with van der Waals surface area (Å²) >= 11 is 0. The molecule has 0 aliphatic carbocycles. The highest BCUT2D eigenvalue weighted by atomic mass is 16.3. The van der Waals surface area contributed by atoms with Crippen molar-refractivity contribution in [2.24, 2.45) is 5.92 Å². The molecule has 14 heavy (non-hydrogen) atoms. The summed E-state index contributed by atoms with van der Waals surface area (Å²) in [6, 6.07) is 0. The zero-order valence-electron chi connectivity index (χ0n) is 8.65. The quantitative estimate of drug-likeness (QED) is 0.538. The van der Waals surface area contributed by atoms with Crippen LogP contribution in [0.15, 0.2) is 0 Å². The third-order valence-electron chi connectivity index (χ3n) is 2.17. The van der Waals surface area contributed by atoms with E-state index >= 15 is 0 Å². The van der Waals surface area contributed by atoms with Gasteiger partial charge in [-0.1, -0.05) is 6.92 Å². The molecule has 0 aliphatic heterocycles. The van der Waals surface area contributed by atoms with Crippen molar-refractivity contribution < 1.29 is 19.8 Å². The van der Waals surface area contributed by atoms with Gasteiger partial charge in [-0.05, 0) is 13.3 Å². The fraction of sp³-hybridized carbons (Fsp3) is 0.778. The predicted octanol–water partition coefficient (Wildman–Crippen LogP) is -0.931. The third-order valence-corrected chi connectivity index (χ3v) is 2.17. The van der Waals surface area contributed by atoms with Crippen LogP contribution in [0.4, 0.5) is 0 Å². The van der Waals surface area contributed by atoms with Crippen LogP contribution in [0.1, 0.15) is 20.3 Å². The van der Waals surface area contributed by atoms with E-state index in [-0.39, 0.29) is 18.1 Å². The minimum absolute atomic E-state index is 0.0758. The molecule has 0 saturated heterocycles. The van der Waals surface area contributed by atoms with Gasteiger partial charge in [-0.3, -0.25) is 9.59 Å². The van der Waals surface area contributed by atoms with Crippen LogP contribution in [0.5, 0.6) is 0 Å². The zero-order valence-corrected chi connectivity index (χ0v) is 8.65. The highest BCUT2D eigenvalue weighted by molar-refractivity contribution is 5.81. The minimum atomic E-state index is -1.47. The summed E-state index contributed by atoms with van der Waals surface area (Å²) in [5, 5.41) is 20.8. The number of nitrogens with one attached hydrogen (secondary N) is 1. The number of amides is 1. The summed E-state index contributed by atoms with van der Waals surface area (Å²) in [7, 11) is 1.37. The number of likely N-dealkylation sites (N-methyl/N-ethyl adjacent to an activating group) is 1. The lowest BCUT2D eigenvalue weighted by Gasteiger charge is -2.18. The molecule has 3 N–H and O–H groups in total. The lowest BCUT2D eigenvalue weighted by Crippen LogP contribution is -2.41. The molecule has 0 aromatic heterocycles. The van der Waals surface area contributed by atoms with Crippen molar-refractivity contribution in [1.29, 1.82) is 0 Å². The van der Waals surface area contributed by atoms with E-state index in [1.165, 1.54) is 14.0 Å². The van der Waals surface area contributed by atoms with E-state index in [2.05, 4.69) is 5.32 Å². The van der Waals surface area contributed by atoms with Gasteiger partial charge in [-0.2, -0.15) is 0 Å². The maximum absolute atomic E-state index is 10.9. The monoisotopic (exact) mass is 203 g/mol. The Labute approximate surface area is 83.1 Å². The Morgan fingerprint density at radius 3 is 2.21 bits per heavy atom. The van der Waals surface area contributed by atoms with Crippen molar-refractivity contribution in [1.82, 2.24) is 5.32 Å².